The number of imide groups is 1. The molecule has 27 heavy (non-hydrogen) atoms. The molecule has 0 saturated carbocycles. The second kappa shape index (κ2) is 5.28. The summed E-state index contributed by atoms with van der Waals surface area (Å²) in [4.78, 5) is 37.0. The van der Waals surface area contributed by atoms with E-state index in [1.165, 1.54) is 15.8 Å². The summed E-state index contributed by atoms with van der Waals surface area (Å²) in [6, 6.07) is 17.0. The van der Waals surface area contributed by atoms with Crippen LogP contribution in [0.3, 0.4) is 0 Å². The van der Waals surface area contributed by atoms with Gasteiger partial charge in [0.05, 0.1) is 17.6 Å². The number of nitrogens with one attached hydrogen (secondary N) is 1. The summed E-state index contributed by atoms with van der Waals surface area (Å²) in [5.41, 5.74) is 3.90. The van der Waals surface area contributed by atoms with Crippen LogP contribution in [-0.4, -0.2) is 34.5 Å². The molecule has 6 nitrogen and oxygen atoms in total. The van der Waals surface area contributed by atoms with Crippen LogP contribution in [0.2, 0.25) is 0 Å². The van der Waals surface area contributed by atoms with Crippen molar-refractivity contribution in [2.75, 3.05) is 11.4 Å². The Hall–Kier alpha value is -2.96. The SMILES string of the molecule is O=C1[C@@H]2[C@@H](ON3CCc4c([nH]c5ccccc45)[C@@H]23)C(=O)N1c1ccccc1. The zero-order valence-electron chi connectivity index (χ0n) is 14.5. The molecule has 3 aliphatic rings. The van der Waals surface area contributed by atoms with Gasteiger partial charge in [-0.15, -0.1) is 0 Å². The molecule has 4 heterocycles. The minimum absolute atomic E-state index is 0.185. The average Bonchev–Trinajstić information content (AvgIpc) is 3.33. The summed E-state index contributed by atoms with van der Waals surface area (Å²) in [5, 5.41) is 3.01. The van der Waals surface area contributed by atoms with Crippen molar-refractivity contribution in [3.8, 4) is 0 Å². The Bertz CT molecular complexity index is 1090. The van der Waals surface area contributed by atoms with Crippen molar-refractivity contribution in [3.63, 3.8) is 0 Å². The fourth-order valence-corrected chi connectivity index (χ4v) is 4.78. The van der Waals surface area contributed by atoms with Gasteiger partial charge in [-0.25, -0.2) is 4.90 Å². The number of rotatable bonds is 1. The van der Waals surface area contributed by atoms with Crippen LogP contribution in [0, 0.1) is 5.92 Å². The van der Waals surface area contributed by atoms with E-state index >= 15 is 0 Å². The van der Waals surface area contributed by atoms with Crippen molar-refractivity contribution >= 4 is 28.4 Å². The molecule has 0 radical (unpaired) electrons. The maximum atomic E-state index is 13.3. The van der Waals surface area contributed by atoms with Gasteiger partial charge >= 0.3 is 0 Å². The number of hydrogen-bond donors (Lipinski definition) is 1. The van der Waals surface area contributed by atoms with Crippen LogP contribution < -0.4 is 4.90 Å². The van der Waals surface area contributed by atoms with E-state index in [-0.39, 0.29) is 17.9 Å². The fraction of sp³-hybridized carbons (Fsp3) is 0.238. The summed E-state index contributed by atoms with van der Waals surface area (Å²) >= 11 is 0. The predicted octanol–water partition coefficient (Wildman–Crippen LogP) is 2.57. The first kappa shape index (κ1) is 15.1. The molecule has 134 valence electrons. The Morgan fingerprint density at radius 2 is 1.74 bits per heavy atom. The number of hydrogen-bond acceptors (Lipinski definition) is 4. The van der Waals surface area contributed by atoms with Gasteiger partial charge in [-0.3, -0.25) is 14.4 Å². The molecule has 3 atom stereocenters. The van der Waals surface area contributed by atoms with Crippen LogP contribution in [0.1, 0.15) is 17.3 Å². The monoisotopic (exact) mass is 359 g/mol. The second-order valence-corrected chi connectivity index (χ2v) is 7.30. The van der Waals surface area contributed by atoms with Gasteiger partial charge in [0.1, 0.15) is 0 Å². The van der Waals surface area contributed by atoms with Crippen LogP contribution in [0.25, 0.3) is 10.9 Å². The zero-order chi connectivity index (χ0) is 18.1. The van der Waals surface area contributed by atoms with Crippen molar-refractivity contribution in [1.29, 1.82) is 0 Å². The highest BCUT2D eigenvalue weighted by atomic mass is 16.7. The number of carbonyl (C=O) groups is 2. The maximum Gasteiger partial charge on any atom is 0.265 e. The van der Waals surface area contributed by atoms with Crippen molar-refractivity contribution in [1.82, 2.24) is 10.0 Å². The molecular formula is C21H17N3O3. The van der Waals surface area contributed by atoms with Crippen LogP contribution in [0.4, 0.5) is 5.69 Å². The number of hydroxylamine groups is 2. The quantitative estimate of drug-likeness (QED) is 0.678. The summed E-state index contributed by atoms with van der Waals surface area (Å²) in [6.45, 7) is 0.679. The molecule has 2 saturated heterocycles. The third-order valence-corrected chi connectivity index (χ3v) is 5.93. The zero-order valence-corrected chi connectivity index (χ0v) is 14.5. The van der Waals surface area contributed by atoms with Gasteiger partial charge in [0, 0.05) is 23.1 Å². The largest absolute Gasteiger partial charge is 0.357 e. The van der Waals surface area contributed by atoms with Gasteiger partial charge in [-0.1, -0.05) is 36.4 Å². The van der Waals surface area contributed by atoms with E-state index in [1.807, 2.05) is 41.5 Å². The lowest BCUT2D eigenvalue weighted by Crippen LogP contribution is -2.39. The standard InChI is InChI=1S/C21H17N3O3/c25-20-16-18-17-14(13-8-4-5-9-15(13)22-17)10-11-23(18)27-19(16)21(26)24(20)12-6-2-1-3-7-12/h1-9,16,18-19,22H,10-11H2/t16-,18+,19+/m0/s1. The average molecular weight is 359 g/mol. The summed E-state index contributed by atoms with van der Waals surface area (Å²) < 4.78 is 0. The summed E-state index contributed by atoms with van der Waals surface area (Å²) in [5.74, 6) is -0.983. The van der Waals surface area contributed by atoms with Gasteiger partial charge in [0.2, 0.25) is 5.91 Å². The van der Waals surface area contributed by atoms with Crippen molar-refractivity contribution in [2.45, 2.75) is 18.6 Å². The number of anilines is 1. The summed E-state index contributed by atoms with van der Waals surface area (Å²) in [6.07, 6.45) is 0.0835. The Balaban J connectivity index is 1.47. The lowest BCUT2D eigenvalue weighted by atomic mass is 9.89. The maximum absolute atomic E-state index is 13.3. The number of benzene rings is 2. The van der Waals surface area contributed by atoms with Crippen molar-refractivity contribution in [3.05, 3.63) is 65.9 Å². The van der Waals surface area contributed by atoms with Gasteiger partial charge in [0.25, 0.3) is 5.91 Å². The molecule has 0 aliphatic carbocycles. The predicted molar refractivity (Wildman–Crippen MR) is 98.7 cm³/mol. The first-order chi connectivity index (χ1) is 13.2. The number of aromatic nitrogens is 1. The van der Waals surface area contributed by atoms with E-state index in [0.29, 0.717) is 12.2 Å². The minimum Gasteiger partial charge on any atom is -0.357 e. The number of amides is 2. The lowest BCUT2D eigenvalue weighted by Gasteiger charge is -2.30. The Morgan fingerprint density at radius 3 is 2.59 bits per heavy atom. The van der Waals surface area contributed by atoms with E-state index in [1.54, 1.807) is 12.1 Å². The number of fused-ring (bicyclic) bond motifs is 7. The van der Waals surface area contributed by atoms with E-state index in [4.69, 9.17) is 4.84 Å². The van der Waals surface area contributed by atoms with E-state index in [2.05, 4.69) is 11.1 Å². The molecule has 2 aromatic carbocycles. The van der Waals surface area contributed by atoms with E-state index < -0.39 is 12.0 Å². The van der Waals surface area contributed by atoms with Crippen molar-refractivity contribution < 1.29 is 14.4 Å². The smallest absolute Gasteiger partial charge is 0.265 e. The van der Waals surface area contributed by atoms with E-state index in [0.717, 1.165) is 17.6 Å². The lowest BCUT2D eigenvalue weighted by molar-refractivity contribution is -0.174. The molecule has 2 amide bonds. The molecule has 2 fully saturated rings. The normalized spacial score (nSPS) is 27.1. The molecule has 6 rings (SSSR count). The summed E-state index contributed by atoms with van der Waals surface area (Å²) in [7, 11) is 0. The number of aromatic amines is 1. The Kier molecular flexibility index (Phi) is 2.96. The molecule has 3 aliphatic heterocycles. The highest BCUT2D eigenvalue weighted by Gasteiger charge is 2.61. The number of para-hydroxylation sites is 2. The molecule has 0 bridgehead atoms. The van der Waals surface area contributed by atoms with Crippen LogP contribution in [0.5, 0.6) is 0 Å². The molecule has 3 aromatic rings. The van der Waals surface area contributed by atoms with Crippen LogP contribution >= 0.6 is 0 Å². The van der Waals surface area contributed by atoms with Crippen molar-refractivity contribution in [2.24, 2.45) is 5.92 Å². The van der Waals surface area contributed by atoms with Gasteiger partial charge in [-0.05, 0) is 30.2 Å². The molecule has 1 aromatic heterocycles. The second-order valence-electron chi connectivity index (χ2n) is 7.30. The van der Waals surface area contributed by atoms with Gasteiger partial charge < -0.3 is 4.98 Å². The topological polar surface area (TPSA) is 65.6 Å². The van der Waals surface area contributed by atoms with Crippen LogP contribution in [-0.2, 0) is 20.8 Å². The minimum atomic E-state index is -0.750. The third kappa shape index (κ3) is 1.91. The number of H-pyrrole nitrogens is 1. The first-order valence-corrected chi connectivity index (χ1v) is 9.20. The Morgan fingerprint density at radius 1 is 0.963 bits per heavy atom. The highest BCUT2D eigenvalue weighted by Crippen LogP contribution is 2.49. The third-order valence-electron chi connectivity index (χ3n) is 5.93. The van der Waals surface area contributed by atoms with Crippen LogP contribution in [0.15, 0.2) is 54.6 Å². The first-order valence-electron chi connectivity index (χ1n) is 9.20. The molecule has 6 heteroatoms. The molecule has 0 unspecified atom stereocenters. The van der Waals surface area contributed by atoms with E-state index in [9.17, 15) is 9.59 Å². The highest BCUT2D eigenvalue weighted by molar-refractivity contribution is 6.23. The fourth-order valence-electron chi connectivity index (χ4n) is 4.78. The Labute approximate surface area is 155 Å². The number of nitrogens with zero attached hydrogens (tertiary/aromatic N) is 2. The number of carbonyl (C=O) groups excluding carboxylic acids is 2. The van der Waals surface area contributed by atoms with Gasteiger partial charge in [-0.2, -0.15) is 5.06 Å². The molecular weight excluding hydrogens is 342 g/mol. The van der Waals surface area contributed by atoms with Gasteiger partial charge in [0.15, 0.2) is 6.10 Å². The molecule has 1 N–H and O–H groups in total. The molecule has 0 spiro atoms.